The first kappa shape index (κ1) is 16.5. The van der Waals surface area contributed by atoms with E-state index >= 15 is 0 Å². The second-order valence-corrected chi connectivity index (χ2v) is 7.44. The van der Waals surface area contributed by atoms with E-state index in [1.807, 2.05) is 11.0 Å². The molecule has 0 aromatic heterocycles. The summed E-state index contributed by atoms with van der Waals surface area (Å²) in [5.41, 5.74) is 0.942. The third kappa shape index (κ3) is 3.54. The highest BCUT2D eigenvalue weighted by molar-refractivity contribution is 5.86. The molecule has 1 saturated carbocycles. The molecule has 2 saturated heterocycles. The van der Waals surface area contributed by atoms with E-state index in [9.17, 15) is 14.0 Å². The Labute approximate surface area is 147 Å². The van der Waals surface area contributed by atoms with Crippen LogP contribution in [0.3, 0.4) is 0 Å². The molecule has 25 heavy (non-hydrogen) atoms. The molecule has 0 radical (unpaired) electrons. The van der Waals surface area contributed by atoms with Gasteiger partial charge in [-0.1, -0.05) is 12.1 Å². The molecule has 134 valence electrons. The van der Waals surface area contributed by atoms with E-state index < -0.39 is 0 Å². The van der Waals surface area contributed by atoms with Crippen molar-refractivity contribution in [2.45, 2.75) is 43.7 Å². The molecule has 5 nitrogen and oxygen atoms in total. The maximum absolute atomic E-state index is 13.3. The molecule has 1 aliphatic carbocycles. The van der Waals surface area contributed by atoms with E-state index in [1.165, 1.54) is 6.07 Å². The van der Waals surface area contributed by atoms with Crippen molar-refractivity contribution in [1.82, 2.24) is 15.5 Å². The molecule has 1 aromatic rings. The van der Waals surface area contributed by atoms with Crippen LogP contribution in [0.1, 0.15) is 37.2 Å². The number of nitrogens with zero attached hydrogens (tertiary/aromatic N) is 1. The van der Waals surface area contributed by atoms with Crippen molar-refractivity contribution in [1.29, 1.82) is 0 Å². The van der Waals surface area contributed by atoms with E-state index in [4.69, 9.17) is 0 Å². The Kier molecular flexibility index (Phi) is 4.46. The number of benzene rings is 1. The lowest BCUT2D eigenvalue weighted by atomic mass is 10.0. The van der Waals surface area contributed by atoms with E-state index in [-0.39, 0.29) is 41.6 Å². The van der Waals surface area contributed by atoms with Crippen LogP contribution >= 0.6 is 0 Å². The summed E-state index contributed by atoms with van der Waals surface area (Å²) >= 11 is 0. The van der Waals surface area contributed by atoms with Gasteiger partial charge in [-0.3, -0.25) is 9.59 Å². The van der Waals surface area contributed by atoms with Gasteiger partial charge in [0.25, 0.3) is 0 Å². The van der Waals surface area contributed by atoms with Gasteiger partial charge in [-0.25, -0.2) is 4.39 Å². The predicted octanol–water partition coefficient (Wildman–Crippen LogP) is 1.40. The summed E-state index contributed by atoms with van der Waals surface area (Å²) in [7, 11) is 0. The van der Waals surface area contributed by atoms with Gasteiger partial charge in [-0.2, -0.15) is 0 Å². The summed E-state index contributed by atoms with van der Waals surface area (Å²) in [5, 5.41) is 6.27. The third-order valence-corrected chi connectivity index (χ3v) is 5.61. The normalized spacial score (nSPS) is 31.2. The average molecular weight is 345 g/mol. The number of hydrogen-bond donors (Lipinski definition) is 2. The molecule has 2 aliphatic heterocycles. The van der Waals surface area contributed by atoms with Gasteiger partial charge in [0.05, 0.1) is 12.0 Å². The lowest BCUT2D eigenvalue weighted by molar-refractivity contribution is -0.132. The minimum Gasteiger partial charge on any atom is -0.352 e. The summed E-state index contributed by atoms with van der Waals surface area (Å²) in [4.78, 5) is 26.8. The van der Waals surface area contributed by atoms with E-state index in [1.54, 1.807) is 12.1 Å². The smallest absolute Gasteiger partial charge is 0.239 e. The minimum absolute atomic E-state index is 0.00752. The lowest BCUT2D eigenvalue weighted by Crippen LogP contribution is -2.42. The van der Waals surface area contributed by atoms with E-state index in [0.717, 1.165) is 37.9 Å². The lowest BCUT2D eigenvalue weighted by Gasteiger charge is -2.19. The van der Waals surface area contributed by atoms with Crippen molar-refractivity contribution in [3.05, 3.63) is 35.6 Å². The molecule has 0 spiro atoms. The van der Waals surface area contributed by atoms with Gasteiger partial charge in [0.2, 0.25) is 11.8 Å². The summed E-state index contributed by atoms with van der Waals surface area (Å²) in [6, 6.07) is 6.44. The Morgan fingerprint density at radius 1 is 1.20 bits per heavy atom. The molecule has 3 fully saturated rings. The minimum atomic E-state index is -0.238. The van der Waals surface area contributed by atoms with Crippen LogP contribution in [-0.2, 0) is 9.59 Å². The van der Waals surface area contributed by atoms with Gasteiger partial charge in [-0.05, 0) is 43.4 Å². The first-order valence-electron chi connectivity index (χ1n) is 9.20. The molecule has 6 heteroatoms. The highest BCUT2D eigenvalue weighted by Crippen LogP contribution is 2.41. The Morgan fingerprint density at radius 2 is 2.00 bits per heavy atom. The Balaban J connectivity index is 1.27. The number of hydrogen-bond acceptors (Lipinski definition) is 3. The predicted molar refractivity (Wildman–Crippen MR) is 91.4 cm³/mol. The Morgan fingerprint density at radius 3 is 2.76 bits per heavy atom. The summed E-state index contributed by atoms with van der Waals surface area (Å²) in [6.45, 7) is 2.23. The van der Waals surface area contributed by atoms with Crippen molar-refractivity contribution < 1.29 is 14.0 Å². The number of likely N-dealkylation sites (tertiary alicyclic amines) is 1. The number of rotatable bonds is 4. The number of carbonyl (C=O) groups is 2. The SMILES string of the molecule is O=C(N[C@H]1C[C@@H]1c1cccc(F)c1)[C@@H]1CN[C@H](C(=O)N2CCCC2)C1. The van der Waals surface area contributed by atoms with Crippen LogP contribution in [-0.4, -0.2) is 48.4 Å². The second-order valence-electron chi connectivity index (χ2n) is 7.44. The summed E-state index contributed by atoms with van der Waals surface area (Å²) < 4.78 is 13.3. The summed E-state index contributed by atoms with van der Waals surface area (Å²) in [5.74, 6) is -0.0518. The molecule has 2 amide bonds. The van der Waals surface area contributed by atoms with Gasteiger partial charge >= 0.3 is 0 Å². The topological polar surface area (TPSA) is 61.4 Å². The first-order valence-corrected chi connectivity index (χ1v) is 9.20. The van der Waals surface area contributed by atoms with Crippen molar-refractivity contribution in [3.8, 4) is 0 Å². The average Bonchev–Trinajstić information content (AvgIpc) is 3.05. The maximum atomic E-state index is 13.3. The van der Waals surface area contributed by atoms with Crippen LogP contribution < -0.4 is 10.6 Å². The molecule has 0 bridgehead atoms. The van der Waals surface area contributed by atoms with Crippen LogP contribution in [0.25, 0.3) is 0 Å². The highest BCUT2D eigenvalue weighted by atomic mass is 19.1. The number of amides is 2. The second kappa shape index (κ2) is 6.75. The molecular formula is C19H24FN3O2. The third-order valence-electron chi connectivity index (χ3n) is 5.61. The highest BCUT2D eigenvalue weighted by Gasteiger charge is 2.42. The van der Waals surface area contributed by atoms with Crippen molar-refractivity contribution >= 4 is 11.8 Å². The Hall–Kier alpha value is -1.95. The van der Waals surface area contributed by atoms with Crippen molar-refractivity contribution in [2.75, 3.05) is 19.6 Å². The molecule has 4 atom stereocenters. The van der Waals surface area contributed by atoms with Gasteiger partial charge in [0, 0.05) is 31.6 Å². The fourth-order valence-corrected chi connectivity index (χ4v) is 4.04. The summed E-state index contributed by atoms with van der Waals surface area (Å²) in [6.07, 6.45) is 3.57. The largest absolute Gasteiger partial charge is 0.352 e. The van der Waals surface area contributed by atoms with Crippen LogP contribution in [0.15, 0.2) is 24.3 Å². The molecular weight excluding hydrogens is 321 g/mol. The van der Waals surface area contributed by atoms with Gasteiger partial charge in [-0.15, -0.1) is 0 Å². The quantitative estimate of drug-likeness (QED) is 0.867. The Bertz CT molecular complexity index is 674. The zero-order chi connectivity index (χ0) is 17.4. The molecule has 3 aliphatic rings. The first-order chi connectivity index (χ1) is 12.1. The molecule has 2 heterocycles. The van der Waals surface area contributed by atoms with Crippen LogP contribution in [0.4, 0.5) is 4.39 Å². The maximum Gasteiger partial charge on any atom is 0.239 e. The van der Waals surface area contributed by atoms with Crippen molar-refractivity contribution in [2.24, 2.45) is 5.92 Å². The molecule has 4 rings (SSSR count). The molecule has 0 unspecified atom stereocenters. The zero-order valence-corrected chi connectivity index (χ0v) is 14.2. The van der Waals surface area contributed by atoms with Crippen LogP contribution in [0.2, 0.25) is 0 Å². The van der Waals surface area contributed by atoms with E-state index in [0.29, 0.717) is 13.0 Å². The monoisotopic (exact) mass is 345 g/mol. The van der Waals surface area contributed by atoms with Crippen LogP contribution in [0.5, 0.6) is 0 Å². The van der Waals surface area contributed by atoms with Gasteiger partial charge in [0.15, 0.2) is 0 Å². The number of carbonyl (C=O) groups excluding carboxylic acids is 2. The fourth-order valence-electron chi connectivity index (χ4n) is 4.04. The molecule has 1 aromatic carbocycles. The van der Waals surface area contributed by atoms with E-state index in [2.05, 4.69) is 10.6 Å². The zero-order valence-electron chi connectivity index (χ0n) is 14.2. The van der Waals surface area contributed by atoms with Crippen molar-refractivity contribution in [3.63, 3.8) is 0 Å². The number of nitrogens with one attached hydrogen (secondary N) is 2. The fraction of sp³-hybridized carbons (Fsp3) is 0.579. The standard InChI is InChI=1S/C19H24FN3O2/c20-14-5-3-4-12(8-14)15-10-16(15)22-18(24)13-9-17(21-11-13)19(25)23-6-1-2-7-23/h3-5,8,13,15-17,21H,1-2,6-7,9-11H2,(H,22,24)/t13-,15+,16-,17-/m0/s1. The number of halogens is 1. The van der Waals surface area contributed by atoms with Gasteiger partial charge in [0.1, 0.15) is 5.82 Å². The van der Waals surface area contributed by atoms with Crippen LogP contribution in [0, 0.1) is 11.7 Å². The van der Waals surface area contributed by atoms with Gasteiger partial charge < -0.3 is 15.5 Å². The molecule has 2 N–H and O–H groups in total.